The van der Waals surface area contributed by atoms with Gasteiger partial charge in [0.15, 0.2) is 0 Å². The lowest BCUT2D eigenvalue weighted by molar-refractivity contribution is -0.105. The summed E-state index contributed by atoms with van der Waals surface area (Å²) in [7, 11) is 1.81. The third-order valence-corrected chi connectivity index (χ3v) is 3.69. The molecule has 1 unspecified atom stereocenters. The van der Waals surface area contributed by atoms with Crippen molar-refractivity contribution in [3.05, 3.63) is 18.0 Å². The van der Waals surface area contributed by atoms with Crippen molar-refractivity contribution >= 4 is 0 Å². The van der Waals surface area contributed by atoms with E-state index < -0.39 is 11.7 Å². The Morgan fingerprint density at radius 3 is 2.62 bits per heavy atom. The fourth-order valence-electron chi connectivity index (χ4n) is 2.43. The molecular weight excluding hydrogens is 204 g/mol. The number of aliphatic hydroxyl groups is 2. The van der Waals surface area contributed by atoms with Crippen LogP contribution in [0.5, 0.6) is 0 Å². The number of aromatic nitrogens is 2. The van der Waals surface area contributed by atoms with E-state index in [0.717, 1.165) is 12.8 Å². The highest BCUT2D eigenvalue weighted by atomic mass is 16.3. The van der Waals surface area contributed by atoms with E-state index in [0.29, 0.717) is 24.3 Å². The van der Waals surface area contributed by atoms with Crippen LogP contribution < -0.4 is 0 Å². The van der Waals surface area contributed by atoms with Crippen molar-refractivity contribution in [1.82, 2.24) is 9.78 Å². The lowest BCUT2D eigenvalue weighted by Crippen LogP contribution is -2.39. The van der Waals surface area contributed by atoms with E-state index in [4.69, 9.17) is 0 Å². The average Bonchev–Trinajstić information content (AvgIpc) is 2.68. The molecule has 1 fully saturated rings. The van der Waals surface area contributed by atoms with E-state index in [1.165, 1.54) is 0 Å². The standard InChI is InChI=1S/C12H20N2O2/c1-9-3-5-12(16,6-4-9)11(15)10-7-13-14(2)8-10/h7-9,11,15-16H,3-6H2,1-2H3. The van der Waals surface area contributed by atoms with Gasteiger partial charge in [0, 0.05) is 18.8 Å². The van der Waals surface area contributed by atoms with Gasteiger partial charge < -0.3 is 10.2 Å². The van der Waals surface area contributed by atoms with Gasteiger partial charge in [0.1, 0.15) is 6.10 Å². The molecule has 4 heteroatoms. The number of aryl methyl sites for hydroxylation is 1. The van der Waals surface area contributed by atoms with Crippen LogP contribution in [0.15, 0.2) is 12.4 Å². The molecule has 90 valence electrons. The van der Waals surface area contributed by atoms with Gasteiger partial charge in [-0.05, 0) is 31.6 Å². The van der Waals surface area contributed by atoms with Gasteiger partial charge in [0.25, 0.3) is 0 Å². The molecule has 1 aromatic heterocycles. The molecule has 1 saturated carbocycles. The summed E-state index contributed by atoms with van der Waals surface area (Å²) in [6.07, 6.45) is 5.88. The molecule has 1 heterocycles. The van der Waals surface area contributed by atoms with Gasteiger partial charge in [-0.25, -0.2) is 0 Å². The monoisotopic (exact) mass is 224 g/mol. The second-order valence-corrected chi connectivity index (χ2v) is 5.14. The van der Waals surface area contributed by atoms with Gasteiger partial charge in [-0.15, -0.1) is 0 Å². The van der Waals surface area contributed by atoms with Gasteiger partial charge in [0.2, 0.25) is 0 Å². The minimum atomic E-state index is -0.963. The van der Waals surface area contributed by atoms with Crippen LogP contribution in [0, 0.1) is 5.92 Å². The van der Waals surface area contributed by atoms with Crippen molar-refractivity contribution in [2.24, 2.45) is 13.0 Å². The normalized spacial score (nSPS) is 32.6. The summed E-state index contributed by atoms with van der Waals surface area (Å²) in [5.74, 6) is 0.654. The molecule has 16 heavy (non-hydrogen) atoms. The van der Waals surface area contributed by atoms with Crippen LogP contribution in [-0.2, 0) is 7.05 Å². The summed E-state index contributed by atoms with van der Waals surface area (Å²) >= 11 is 0. The molecule has 0 aliphatic heterocycles. The maximum Gasteiger partial charge on any atom is 0.111 e. The van der Waals surface area contributed by atoms with Gasteiger partial charge in [-0.2, -0.15) is 5.10 Å². The van der Waals surface area contributed by atoms with Gasteiger partial charge in [-0.3, -0.25) is 4.68 Å². The minimum absolute atomic E-state index is 0.654. The van der Waals surface area contributed by atoms with Gasteiger partial charge >= 0.3 is 0 Å². The molecule has 1 aliphatic carbocycles. The van der Waals surface area contributed by atoms with E-state index >= 15 is 0 Å². The van der Waals surface area contributed by atoms with Crippen molar-refractivity contribution in [3.63, 3.8) is 0 Å². The molecule has 0 radical (unpaired) electrons. The Morgan fingerprint density at radius 2 is 2.12 bits per heavy atom. The number of rotatable bonds is 2. The highest BCUT2D eigenvalue weighted by molar-refractivity contribution is 5.13. The van der Waals surface area contributed by atoms with E-state index in [9.17, 15) is 10.2 Å². The van der Waals surface area contributed by atoms with Crippen LogP contribution in [0.25, 0.3) is 0 Å². The highest BCUT2D eigenvalue weighted by Crippen LogP contribution is 2.40. The molecule has 0 spiro atoms. The van der Waals surface area contributed by atoms with Crippen LogP contribution in [0.2, 0.25) is 0 Å². The van der Waals surface area contributed by atoms with Crippen molar-refractivity contribution in [1.29, 1.82) is 0 Å². The number of hydrogen-bond acceptors (Lipinski definition) is 3. The van der Waals surface area contributed by atoms with Crippen molar-refractivity contribution in [2.45, 2.75) is 44.3 Å². The molecule has 1 aliphatic rings. The molecule has 1 aromatic rings. The zero-order valence-electron chi connectivity index (χ0n) is 9.93. The Bertz CT molecular complexity index is 354. The number of nitrogens with zero attached hydrogens (tertiary/aromatic N) is 2. The Hall–Kier alpha value is -0.870. The maximum atomic E-state index is 10.4. The van der Waals surface area contributed by atoms with Gasteiger partial charge in [0.05, 0.1) is 11.8 Å². The topological polar surface area (TPSA) is 58.3 Å². The van der Waals surface area contributed by atoms with Crippen LogP contribution in [0.3, 0.4) is 0 Å². The minimum Gasteiger partial charge on any atom is -0.387 e. The maximum absolute atomic E-state index is 10.4. The van der Waals surface area contributed by atoms with Crippen LogP contribution in [-0.4, -0.2) is 25.6 Å². The van der Waals surface area contributed by atoms with Crippen LogP contribution in [0.1, 0.15) is 44.3 Å². The predicted octanol–water partition coefficient (Wildman–Crippen LogP) is 1.39. The predicted molar refractivity (Wildman–Crippen MR) is 60.7 cm³/mol. The van der Waals surface area contributed by atoms with E-state index in [2.05, 4.69) is 12.0 Å². The first-order valence-electron chi connectivity index (χ1n) is 5.90. The molecule has 1 atom stereocenters. The Balaban J connectivity index is 2.11. The first-order chi connectivity index (χ1) is 7.51. The lowest BCUT2D eigenvalue weighted by atomic mass is 9.75. The fraction of sp³-hybridized carbons (Fsp3) is 0.750. The van der Waals surface area contributed by atoms with E-state index in [1.54, 1.807) is 17.1 Å². The zero-order chi connectivity index (χ0) is 11.8. The Labute approximate surface area is 95.9 Å². The molecule has 2 rings (SSSR count). The molecule has 0 bridgehead atoms. The van der Waals surface area contributed by atoms with Gasteiger partial charge in [-0.1, -0.05) is 6.92 Å². The summed E-state index contributed by atoms with van der Waals surface area (Å²) in [5.41, 5.74) is -0.255. The molecule has 0 aromatic carbocycles. The summed E-state index contributed by atoms with van der Waals surface area (Å²) in [5, 5.41) is 24.7. The quantitative estimate of drug-likeness (QED) is 0.798. The molecule has 4 nitrogen and oxygen atoms in total. The number of hydrogen-bond donors (Lipinski definition) is 2. The van der Waals surface area contributed by atoms with Crippen molar-refractivity contribution in [2.75, 3.05) is 0 Å². The smallest absolute Gasteiger partial charge is 0.111 e. The molecule has 0 amide bonds. The summed E-state index contributed by atoms with van der Waals surface area (Å²) in [6.45, 7) is 2.19. The van der Waals surface area contributed by atoms with Crippen molar-refractivity contribution in [3.8, 4) is 0 Å². The largest absolute Gasteiger partial charge is 0.387 e. The van der Waals surface area contributed by atoms with E-state index in [-0.39, 0.29) is 0 Å². The third-order valence-electron chi connectivity index (χ3n) is 3.69. The first kappa shape index (κ1) is 11.6. The summed E-state index contributed by atoms with van der Waals surface area (Å²) < 4.78 is 1.65. The summed E-state index contributed by atoms with van der Waals surface area (Å²) in [6, 6.07) is 0. The fourth-order valence-corrected chi connectivity index (χ4v) is 2.43. The Kier molecular flexibility index (Phi) is 3.04. The lowest BCUT2D eigenvalue weighted by Gasteiger charge is -2.38. The number of aliphatic hydroxyl groups excluding tert-OH is 1. The van der Waals surface area contributed by atoms with Crippen LogP contribution in [0.4, 0.5) is 0 Å². The van der Waals surface area contributed by atoms with Crippen molar-refractivity contribution < 1.29 is 10.2 Å². The second-order valence-electron chi connectivity index (χ2n) is 5.14. The van der Waals surface area contributed by atoms with E-state index in [1.807, 2.05) is 7.05 Å². The third kappa shape index (κ3) is 2.13. The second kappa shape index (κ2) is 4.18. The SMILES string of the molecule is CC1CCC(O)(C(O)c2cnn(C)c2)CC1. The first-order valence-corrected chi connectivity index (χ1v) is 5.90. The Morgan fingerprint density at radius 1 is 1.50 bits per heavy atom. The summed E-state index contributed by atoms with van der Waals surface area (Å²) in [4.78, 5) is 0. The molecule has 0 saturated heterocycles. The van der Waals surface area contributed by atoms with Crippen LogP contribution >= 0.6 is 0 Å². The highest BCUT2D eigenvalue weighted by Gasteiger charge is 2.39. The molecular formula is C12H20N2O2. The average molecular weight is 224 g/mol. The zero-order valence-corrected chi connectivity index (χ0v) is 9.93. The molecule has 2 N–H and O–H groups in total.